The summed E-state index contributed by atoms with van der Waals surface area (Å²) in [5.41, 5.74) is -1.27. The molecule has 0 aliphatic heterocycles. The van der Waals surface area contributed by atoms with Crippen LogP contribution in [0.1, 0.15) is 50.4 Å². The van der Waals surface area contributed by atoms with Crippen LogP contribution in [0.4, 0.5) is 4.39 Å². The van der Waals surface area contributed by atoms with Crippen LogP contribution in [0.15, 0.2) is 65.8 Å². The summed E-state index contributed by atoms with van der Waals surface area (Å²) in [5.74, 6) is -1.96. The van der Waals surface area contributed by atoms with Crippen molar-refractivity contribution >= 4 is 17.5 Å². The maximum absolute atomic E-state index is 15.4. The molecule has 6 heteroatoms. The Morgan fingerprint density at radius 3 is 2.57 bits per heavy atom. The van der Waals surface area contributed by atoms with Crippen LogP contribution in [-0.2, 0) is 14.3 Å². The number of allylic oxidation sites excluding steroid dienone is 6. The van der Waals surface area contributed by atoms with Crippen molar-refractivity contribution in [2.75, 3.05) is 6.61 Å². The fourth-order valence-electron chi connectivity index (χ4n) is 7.37. The number of carbonyl (C=O) groups excluding carboxylic acids is 3. The predicted octanol–water partition coefficient (Wildman–Crippen LogP) is 4.57. The molecule has 1 aromatic carbocycles. The molecule has 0 bridgehead atoms. The van der Waals surface area contributed by atoms with Crippen LogP contribution in [0.5, 0.6) is 0 Å². The average Bonchev–Trinajstić information content (AvgIpc) is 3.06. The molecule has 4 aliphatic carbocycles. The van der Waals surface area contributed by atoms with Gasteiger partial charge < -0.3 is 9.84 Å². The van der Waals surface area contributed by atoms with Crippen LogP contribution in [0.3, 0.4) is 0 Å². The molecule has 5 rings (SSSR count). The first-order valence-electron chi connectivity index (χ1n) is 12.3. The first-order chi connectivity index (χ1) is 16.5. The van der Waals surface area contributed by atoms with E-state index in [1.807, 2.05) is 26.8 Å². The molecular formula is C29H31FO5. The Morgan fingerprint density at radius 2 is 1.86 bits per heavy atom. The number of ketones is 2. The SMILES string of the molecule is CC1C[C@H]2[C@@H]3CC(F)C4=CC(=O)C=C[C@]4(C)C3=CC[C@]2(C)[C@@]1(O)C(=O)COC(=O)c1ccccc1. The number of ether oxygens (including phenoxy) is 1. The summed E-state index contributed by atoms with van der Waals surface area (Å²) >= 11 is 0. The van der Waals surface area contributed by atoms with Gasteiger partial charge in [-0.15, -0.1) is 0 Å². The number of hydrogen-bond donors (Lipinski definition) is 1. The third-order valence-corrected chi connectivity index (χ3v) is 9.29. The Labute approximate surface area is 204 Å². The third-order valence-electron chi connectivity index (χ3n) is 9.29. The number of halogens is 1. The lowest BCUT2D eigenvalue weighted by Crippen LogP contribution is -2.58. The average molecular weight is 479 g/mol. The molecule has 2 fully saturated rings. The van der Waals surface area contributed by atoms with Crippen LogP contribution in [-0.4, -0.2) is 41.0 Å². The molecule has 0 radical (unpaired) electrons. The topological polar surface area (TPSA) is 80.7 Å². The zero-order chi connectivity index (χ0) is 25.2. The van der Waals surface area contributed by atoms with Gasteiger partial charge in [-0.25, -0.2) is 9.18 Å². The van der Waals surface area contributed by atoms with Crippen molar-refractivity contribution in [2.45, 2.75) is 51.8 Å². The van der Waals surface area contributed by atoms with E-state index in [9.17, 15) is 19.5 Å². The first kappa shape index (κ1) is 23.9. The molecule has 5 nitrogen and oxygen atoms in total. The zero-order valence-corrected chi connectivity index (χ0v) is 20.3. The standard InChI is InChI=1S/C29H31FO5/c1-17-13-22-20-15-24(30)23-14-19(31)9-11-27(23,2)21(20)10-12-28(22,3)29(17,34)25(32)16-35-26(33)18-7-5-4-6-8-18/h4-11,14,17,20,22,24,34H,12-13,15-16H2,1-3H3/t17?,20-,22+,24?,27-,28+,29+/m1/s1. The molecule has 7 atom stereocenters. The third kappa shape index (κ3) is 3.33. The Kier molecular flexibility index (Phi) is 5.51. The molecular weight excluding hydrogens is 447 g/mol. The maximum Gasteiger partial charge on any atom is 0.338 e. The van der Waals surface area contributed by atoms with Gasteiger partial charge in [-0.1, -0.05) is 49.8 Å². The normalized spacial score (nSPS) is 39.6. The number of hydrogen-bond acceptors (Lipinski definition) is 5. The van der Waals surface area contributed by atoms with Gasteiger partial charge in [0.2, 0.25) is 5.78 Å². The number of fused-ring (bicyclic) bond motifs is 5. The number of aliphatic hydroxyl groups is 1. The lowest BCUT2D eigenvalue weighted by Gasteiger charge is -2.54. The second kappa shape index (κ2) is 8.09. The van der Waals surface area contributed by atoms with E-state index >= 15 is 4.39 Å². The van der Waals surface area contributed by atoms with Crippen LogP contribution >= 0.6 is 0 Å². The van der Waals surface area contributed by atoms with Crippen LogP contribution in [0, 0.1) is 28.6 Å². The van der Waals surface area contributed by atoms with E-state index in [-0.39, 0.29) is 30.0 Å². The van der Waals surface area contributed by atoms with Gasteiger partial charge in [0.15, 0.2) is 12.4 Å². The van der Waals surface area contributed by atoms with E-state index in [0.717, 1.165) is 5.57 Å². The summed E-state index contributed by atoms with van der Waals surface area (Å²) in [4.78, 5) is 37.8. The second-order valence-corrected chi connectivity index (χ2v) is 11.0. The lowest BCUT2D eigenvalue weighted by atomic mass is 9.51. The number of Topliss-reactive ketones (excluding diaryl/α,β-unsaturated/α-hetero) is 1. The molecule has 0 spiro atoms. The molecule has 1 aromatic rings. The highest BCUT2D eigenvalue weighted by Gasteiger charge is 2.67. The van der Waals surface area contributed by atoms with Gasteiger partial charge in [0.25, 0.3) is 0 Å². The highest BCUT2D eigenvalue weighted by atomic mass is 19.1. The van der Waals surface area contributed by atoms with Crippen molar-refractivity contribution < 1.29 is 28.6 Å². The fourth-order valence-corrected chi connectivity index (χ4v) is 7.37. The molecule has 0 aromatic heterocycles. The molecule has 35 heavy (non-hydrogen) atoms. The number of esters is 1. The quantitative estimate of drug-likeness (QED) is 0.507. The molecule has 0 amide bonds. The molecule has 1 N–H and O–H groups in total. The molecule has 2 saturated carbocycles. The van der Waals surface area contributed by atoms with Crippen molar-refractivity contribution in [3.8, 4) is 0 Å². The highest BCUT2D eigenvalue weighted by Crippen LogP contribution is 2.66. The van der Waals surface area contributed by atoms with Gasteiger partial charge >= 0.3 is 5.97 Å². The molecule has 0 heterocycles. The smallest absolute Gasteiger partial charge is 0.338 e. The minimum absolute atomic E-state index is 0.112. The first-order valence-corrected chi connectivity index (χ1v) is 12.3. The molecule has 0 saturated heterocycles. The van der Waals surface area contributed by atoms with Gasteiger partial charge in [-0.3, -0.25) is 9.59 Å². The number of alkyl halides is 1. The summed E-state index contributed by atoms with van der Waals surface area (Å²) in [6, 6.07) is 8.42. The number of benzene rings is 1. The Bertz CT molecular complexity index is 1180. The van der Waals surface area contributed by atoms with Crippen LogP contribution < -0.4 is 0 Å². The van der Waals surface area contributed by atoms with Crippen molar-refractivity contribution in [2.24, 2.45) is 28.6 Å². The van der Waals surface area contributed by atoms with Crippen molar-refractivity contribution in [3.05, 3.63) is 71.3 Å². The molecule has 4 aliphatic rings. The van der Waals surface area contributed by atoms with E-state index in [1.54, 1.807) is 36.4 Å². The van der Waals surface area contributed by atoms with Gasteiger partial charge in [0, 0.05) is 10.8 Å². The maximum atomic E-state index is 15.4. The number of rotatable bonds is 4. The predicted molar refractivity (Wildman–Crippen MR) is 128 cm³/mol. The van der Waals surface area contributed by atoms with Crippen LogP contribution in [0.2, 0.25) is 0 Å². The van der Waals surface area contributed by atoms with Gasteiger partial charge in [0.1, 0.15) is 11.8 Å². The van der Waals surface area contributed by atoms with Crippen molar-refractivity contribution in [3.63, 3.8) is 0 Å². The number of carbonyl (C=O) groups is 3. The van der Waals surface area contributed by atoms with E-state index in [1.165, 1.54) is 12.2 Å². The minimum atomic E-state index is -1.70. The van der Waals surface area contributed by atoms with Crippen molar-refractivity contribution in [1.82, 2.24) is 0 Å². The lowest BCUT2D eigenvalue weighted by molar-refractivity contribution is -0.161. The molecule has 2 unspecified atom stereocenters. The van der Waals surface area contributed by atoms with Gasteiger partial charge in [0.05, 0.1) is 5.56 Å². The summed E-state index contributed by atoms with van der Waals surface area (Å²) in [6.45, 7) is 5.20. The molecule has 184 valence electrons. The van der Waals surface area contributed by atoms with E-state index < -0.39 is 41.0 Å². The van der Waals surface area contributed by atoms with E-state index in [2.05, 4.69) is 0 Å². The fraction of sp³-hybridized carbons (Fsp3) is 0.483. The summed E-state index contributed by atoms with van der Waals surface area (Å²) < 4.78 is 20.7. The summed E-state index contributed by atoms with van der Waals surface area (Å²) in [7, 11) is 0. The largest absolute Gasteiger partial charge is 0.454 e. The second-order valence-electron chi connectivity index (χ2n) is 11.0. The Hall–Kier alpha value is -2.86. The zero-order valence-electron chi connectivity index (χ0n) is 20.3. The Morgan fingerprint density at radius 1 is 1.14 bits per heavy atom. The van der Waals surface area contributed by atoms with E-state index in [0.29, 0.717) is 24.0 Å². The van der Waals surface area contributed by atoms with Crippen molar-refractivity contribution in [1.29, 1.82) is 0 Å². The van der Waals surface area contributed by atoms with E-state index in [4.69, 9.17) is 4.74 Å². The highest BCUT2D eigenvalue weighted by molar-refractivity contribution is 6.01. The Balaban J connectivity index is 1.43. The van der Waals surface area contributed by atoms with Gasteiger partial charge in [-0.05, 0) is 73.8 Å². The summed E-state index contributed by atoms with van der Waals surface area (Å²) in [5, 5.41) is 11.9. The van der Waals surface area contributed by atoms with Crippen LogP contribution in [0.25, 0.3) is 0 Å². The minimum Gasteiger partial charge on any atom is -0.454 e. The monoisotopic (exact) mass is 478 g/mol. The van der Waals surface area contributed by atoms with Gasteiger partial charge in [-0.2, -0.15) is 0 Å². The summed E-state index contributed by atoms with van der Waals surface area (Å²) in [6.07, 6.45) is 6.77.